The molecule has 3 unspecified atom stereocenters. The Balaban J connectivity index is 0.677. The van der Waals surface area contributed by atoms with Gasteiger partial charge in [0, 0.05) is 98.1 Å². The van der Waals surface area contributed by atoms with Crippen LogP contribution >= 0.6 is 0 Å². The van der Waals surface area contributed by atoms with Crippen LogP contribution in [0.15, 0.2) is 48.9 Å². The summed E-state index contributed by atoms with van der Waals surface area (Å²) in [5, 5.41) is 18.4. The first kappa shape index (κ1) is 47.3. The Morgan fingerprint density at radius 2 is 1.62 bits per heavy atom. The number of fused-ring (bicyclic) bond motifs is 3. The lowest BCUT2D eigenvalue weighted by molar-refractivity contribution is -0.146. The molecule has 0 radical (unpaired) electrons. The summed E-state index contributed by atoms with van der Waals surface area (Å²) in [6, 6.07) is 14.1. The van der Waals surface area contributed by atoms with Crippen LogP contribution in [0.4, 0.5) is 17.3 Å². The molecule has 3 aromatic heterocycles. The number of aromatic nitrogens is 4. The van der Waals surface area contributed by atoms with Gasteiger partial charge < -0.3 is 34.6 Å². The largest absolute Gasteiger partial charge is 0.378 e. The minimum absolute atomic E-state index is 0.0365. The Morgan fingerprint density at radius 1 is 0.836 bits per heavy atom. The standard InChI is InChI=1S/C57H73N11O5/c1-35(2)66-34-59-46-31-45(61-51(50(46)66)60-40-8-9-40)37-6-11-44-47(28-37)68(42-29-41(30-42)63-21-4-3-5-22-63)55(73)57(44)19-26-65(27-20-57)53(71)38-16-25-67(56(32-38)17-18-56)54(72)36-14-23-64(24-15-36)48-12-7-39(33-58-48)43-10-13-49(69)62-52(43)70/h6-7,11-12,28,31,33-36,38,40-43,53,71H,3-5,8-10,13-27,29-30,32H2,1-2H3,(H,60,61)(H,62,69,70)/t38?,41-,42+,43?,53?. The van der Waals surface area contributed by atoms with E-state index in [-0.39, 0.29) is 59.0 Å². The molecule has 3 saturated carbocycles. The highest BCUT2D eigenvalue weighted by molar-refractivity contribution is 6.09. The zero-order chi connectivity index (χ0) is 49.8. The number of carbonyl (C=O) groups is 4. The summed E-state index contributed by atoms with van der Waals surface area (Å²) in [6.45, 7) is 10.1. The molecule has 9 heterocycles. The number of nitrogens with one attached hydrogen (secondary N) is 2. The van der Waals surface area contributed by atoms with Gasteiger partial charge in [0.05, 0.1) is 28.9 Å². The van der Waals surface area contributed by atoms with E-state index in [1.807, 2.05) is 18.5 Å². The zero-order valence-corrected chi connectivity index (χ0v) is 42.8. The molecule has 9 aliphatic rings. The number of aliphatic hydroxyl groups excluding tert-OH is 1. The van der Waals surface area contributed by atoms with Crippen molar-refractivity contribution in [2.24, 2.45) is 11.8 Å². The number of piperidine rings is 5. The molecule has 2 spiro atoms. The van der Waals surface area contributed by atoms with Crippen LogP contribution in [0.1, 0.15) is 146 Å². The molecule has 0 bridgehead atoms. The van der Waals surface area contributed by atoms with E-state index in [9.17, 15) is 19.5 Å². The van der Waals surface area contributed by atoms with Gasteiger partial charge in [-0.05, 0) is 153 Å². The lowest BCUT2D eigenvalue weighted by Gasteiger charge is -2.49. The van der Waals surface area contributed by atoms with Gasteiger partial charge >= 0.3 is 0 Å². The van der Waals surface area contributed by atoms with Gasteiger partial charge in [0.1, 0.15) is 17.6 Å². The number of hydrogen-bond donors (Lipinski definition) is 3. The van der Waals surface area contributed by atoms with E-state index in [1.165, 1.54) is 19.3 Å². The number of imidazole rings is 1. The molecule has 4 aromatic rings. The Hall–Kier alpha value is -5.45. The first-order chi connectivity index (χ1) is 35.4. The predicted molar refractivity (Wildman–Crippen MR) is 279 cm³/mol. The summed E-state index contributed by atoms with van der Waals surface area (Å²) in [7, 11) is 0. The number of aliphatic hydroxyl groups is 1. The van der Waals surface area contributed by atoms with Crippen molar-refractivity contribution in [2.75, 3.05) is 60.9 Å². The maximum atomic E-state index is 15.3. The van der Waals surface area contributed by atoms with E-state index in [1.54, 1.807) is 6.20 Å². The van der Waals surface area contributed by atoms with Crippen molar-refractivity contribution < 1.29 is 24.3 Å². The fraction of sp³-hybridized carbons (Fsp3) is 0.632. The van der Waals surface area contributed by atoms with Crippen LogP contribution in [0.25, 0.3) is 22.3 Å². The summed E-state index contributed by atoms with van der Waals surface area (Å²) in [5.41, 5.74) is 6.04. The fourth-order valence-electron chi connectivity index (χ4n) is 14.4. The Morgan fingerprint density at radius 3 is 2.32 bits per heavy atom. The number of nitrogens with zero attached hydrogens (tertiary/aromatic N) is 9. The second kappa shape index (κ2) is 18.4. The van der Waals surface area contributed by atoms with Gasteiger partial charge in [-0.1, -0.05) is 24.6 Å². The fourth-order valence-corrected chi connectivity index (χ4v) is 14.4. The summed E-state index contributed by atoms with van der Waals surface area (Å²) >= 11 is 0. The van der Waals surface area contributed by atoms with Crippen molar-refractivity contribution in [1.29, 1.82) is 0 Å². The normalized spacial score (nSPS) is 27.9. The maximum Gasteiger partial charge on any atom is 0.238 e. The lowest BCUT2D eigenvalue weighted by Crippen LogP contribution is -2.59. The zero-order valence-electron chi connectivity index (χ0n) is 42.8. The quantitative estimate of drug-likeness (QED) is 0.134. The Bertz CT molecular complexity index is 2790. The number of amides is 4. The van der Waals surface area contributed by atoms with Gasteiger partial charge in [0.25, 0.3) is 0 Å². The number of hydrogen-bond acceptors (Lipinski definition) is 12. The maximum absolute atomic E-state index is 15.3. The number of carbonyl (C=O) groups excluding carboxylic acids is 4. The summed E-state index contributed by atoms with van der Waals surface area (Å²) in [4.78, 5) is 80.1. The monoisotopic (exact) mass is 992 g/mol. The van der Waals surface area contributed by atoms with Gasteiger partial charge in [-0.2, -0.15) is 0 Å². The first-order valence-corrected chi connectivity index (χ1v) is 28.1. The second-order valence-corrected chi connectivity index (χ2v) is 23.9. The average Bonchev–Trinajstić information content (AvgIpc) is 4.32. The Labute approximate surface area is 428 Å². The Kier molecular flexibility index (Phi) is 11.9. The topological polar surface area (TPSA) is 172 Å². The van der Waals surface area contributed by atoms with Crippen LogP contribution in [0.2, 0.25) is 0 Å². The van der Waals surface area contributed by atoms with Crippen molar-refractivity contribution in [3.05, 3.63) is 60.0 Å². The highest BCUT2D eigenvalue weighted by atomic mass is 16.3. The molecule has 3 aliphatic carbocycles. The lowest BCUT2D eigenvalue weighted by atomic mass is 9.73. The number of anilines is 3. The van der Waals surface area contributed by atoms with E-state index in [0.29, 0.717) is 57.4 Å². The average molecular weight is 992 g/mol. The van der Waals surface area contributed by atoms with Crippen molar-refractivity contribution in [3.8, 4) is 11.3 Å². The molecule has 6 aliphatic heterocycles. The van der Waals surface area contributed by atoms with Crippen LogP contribution in [0.5, 0.6) is 0 Å². The van der Waals surface area contributed by atoms with E-state index in [2.05, 4.69) is 77.8 Å². The van der Waals surface area contributed by atoms with E-state index >= 15 is 4.79 Å². The highest BCUT2D eigenvalue weighted by Gasteiger charge is 2.58. The third-order valence-corrected chi connectivity index (χ3v) is 19.1. The van der Waals surface area contributed by atoms with Crippen LogP contribution < -0.4 is 20.4 Å². The SMILES string of the molecule is CC(C)n1cnc2cc(-c3ccc4c(c3)N([C@H]3C[C@@H](N5CCCCC5)C3)C(=O)C43CCN(C(O)C4CCN(C(=O)C5CCN(c6ccc(C7CCC(=O)NC7=O)cn6)CC5)C5(CC5)C4)CC3)nc(NC3CC3)c21. The molecule has 386 valence electrons. The van der Waals surface area contributed by atoms with Crippen LogP contribution in [-0.4, -0.2) is 139 Å². The van der Waals surface area contributed by atoms with Crippen molar-refractivity contribution in [3.63, 3.8) is 0 Å². The minimum Gasteiger partial charge on any atom is -0.378 e. The van der Waals surface area contributed by atoms with Crippen LogP contribution in [0.3, 0.4) is 0 Å². The highest BCUT2D eigenvalue weighted by Crippen LogP contribution is 2.55. The summed E-state index contributed by atoms with van der Waals surface area (Å²) < 4.78 is 2.21. The summed E-state index contributed by atoms with van der Waals surface area (Å²) in [6.07, 6.45) is 18.5. The molecule has 3 atom stereocenters. The second-order valence-electron chi connectivity index (χ2n) is 23.9. The molecular weight excluding hydrogens is 919 g/mol. The number of imide groups is 1. The van der Waals surface area contributed by atoms with Crippen molar-refractivity contribution in [2.45, 2.75) is 170 Å². The summed E-state index contributed by atoms with van der Waals surface area (Å²) in [5.74, 6) is 1.42. The first-order valence-electron chi connectivity index (χ1n) is 28.1. The predicted octanol–water partition coefficient (Wildman–Crippen LogP) is 6.87. The van der Waals surface area contributed by atoms with E-state index in [4.69, 9.17) is 15.0 Å². The van der Waals surface area contributed by atoms with Gasteiger partial charge in [-0.3, -0.25) is 29.4 Å². The van der Waals surface area contributed by atoms with Crippen LogP contribution in [-0.2, 0) is 24.6 Å². The molecule has 73 heavy (non-hydrogen) atoms. The third kappa shape index (κ3) is 8.41. The smallest absolute Gasteiger partial charge is 0.238 e. The molecule has 8 fully saturated rings. The molecule has 16 nitrogen and oxygen atoms in total. The molecule has 13 rings (SSSR count). The van der Waals surface area contributed by atoms with Gasteiger partial charge in [-0.25, -0.2) is 15.0 Å². The van der Waals surface area contributed by atoms with E-state index < -0.39 is 11.6 Å². The number of pyridine rings is 2. The molecule has 4 amide bonds. The third-order valence-electron chi connectivity index (χ3n) is 19.1. The number of rotatable bonds is 11. The van der Waals surface area contributed by atoms with Gasteiger partial charge in [-0.15, -0.1) is 0 Å². The number of benzene rings is 1. The molecule has 5 saturated heterocycles. The molecule has 3 N–H and O–H groups in total. The van der Waals surface area contributed by atoms with Crippen molar-refractivity contribution >= 4 is 52.0 Å². The molecule has 16 heteroatoms. The minimum atomic E-state index is -0.634. The van der Waals surface area contributed by atoms with Gasteiger partial charge in [0.15, 0.2) is 5.82 Å². The van der Waals surface area contributed by atoms with Crippen LogP contribution in [0, 0.1) is 11.8 Å². The van der Waals surface area contributed by atoms with Crippen molar-refractivity contribution in [1.82, 2.24) is 39.5 Å². The van der Waals surface area contributed by atoms with Gasteiger partial charge in [0.2, 0.25) is 23.6 Å². The molecule has 1 aromatic carbocycles. The molecular formula is C57H73N11O5. The number of likely N-dealkylation sites (tertiary alicyclic amines) is 3. The van der Waals surface area contributed by atoms with E-state index in [0.717, 1.165) is 141 Å².